The van der Waals surface area contributed by atoms with Gasteiger partial charge >= 0.3 is 0 Å². The molecule has 2 saturated carbocycles. The number of nitriles is 1. The Hall–Kier alpha value is -2.28. The molecule has 2 aromatic rings. The second kappa shape index (κ2) is 7.90. The summed E-state index contributed by atoms with van der Waals surface area (Å²) in [5.41, 5.74) is 1.02. The van der Waals surface area contributed by atoms with Gasteiger partial charge in [-0.3, -0.25) is 4.21 Å². The maximum Gasteiger partial charge on any atom is 0.149 e. The van der Waals surface area contributed by atoms with Crippen LogP contribution in [-0.4, -0.2) is 54.2 Å². The number of pyridine rings is 1. The number of hydrogen-bond acceptors (Lipinski definition) is 8. The number of fused-ring (bicyclic) bond motifs is 3. The molecule has 0 amide bonds. The first-order valence-corrected chi connectivity index (χ1v) is 13.2. The number of nitrogens with zero attached hydrogens (tertiary/aromatic N) is 5. The quantitative estimate of drug-likeness (QED) is 0.665. The van der Waals surface area contributed by atoms with Gasteiger partial charge in [-0.25, -0.2) is 15.0 Å². The lowest BCUT2D eigenvalue weighted by Crippen LogP contribution is -2.61. The summed E-state index contributed by atoms with van der Waals surface area (Å²) in [7, 11) is -1.18. The molecule has 33 heavy (non-hydrogen) atoms. The Labute approximate surface area is 199 Å². The van der Waals surface area contributed by atoms with E-state index in [1.807, 2.05) is 0 Å². The lowest BCUT2D eigenvalue weighted by molar-refractivity contribution is 0.143. The van der Waals surface area contributed by atoms with E-state index in [1.165, 1.54) is 0 Å². The van der Waals surface area contributed by atoms with Gasteiger partial charge in [0.2, 0.25) is 0 Å². The number of anilines is 2. The van der Waals surface area contributed by atoms with Crippen molar-refractivity contribution in [3.05, 3.63) is 34.4 Å². The third-order valence-electron chi connectivity index (χ3n) is 7.80. The zero-order valence-corrected chi connectivity index (χ0v) is 19.7. The van der Waals surface area contributed by atoms with Crippen LogP contribution in [0.1, 0.15) is 61.4 Å². The Kier molecular flexibility index (Phi) is 5.09. The van der Waals surface area contributed by atoms with Crippen molar-refractivity contribution < 1.29 is 9.32 Å². The van der Waals surface area contributed by atoms with Gasteiger partial charge in [0.1, 0.15) is 23.5 Å². The van der Waals surface area contributed by atoms with Gasteiger partial charge in [0.25, 0.3) is 0 Å². The van der Waals surface area contributed by atoms with Crippen LogP contribution in [-0.2, 0) is 17.2 Å². The van der Waals surface area contributed by atoms with Gasteiger partial charge in [0, 0.05) is 36.1 Å². The molecule has 0 aromatic carbocycles. The molecule has 172 valence electrons. The van der Waals surface area contributed by atoms with E-state index in [2.05, 4.69) is 26.3 Å². The first kappa shape index (κ1) is 21.3. The fourth-order valence-electron chi connectivity index (χ4n) is 5.91. The fraction of sp³-hybridized carbons (Fsp3) is 0.565. The third-order valence-corrected chi connectivity index (χ3v) is 9.47. The second-order valence-corrected chi connectivity index (χ2v) is 11.6. The van der Waals surface area contributed by atoms with Crippen LogP contribution in [0, 0.1) is 11.3 Å². The number of aliphatic hydroxyl groups is 1. The first-order chi connectivity index (χ1) is 16.0. The summed E-state index contributed by atoms with van der Waals surface area (Å²) >= 11 is 5.95. The summed E-state index contributed by atoms with van der Waals surface area (Å²) in [5, 5.41) is 24.0. The Bertz CT molecular complexity index is 1160. The number of halogens is 1. The number of hydrogen-bond donors (Lipinski definition) is 2. The van der Waals surface area contributed by atoms with Crippen LogP contribution in [0.2, 0.25) is 5.02 Å². The van der Waals surface area contributed by atoms with E-state index in [4.69, 9.17) is 16.6 Å². The summed E-state index contributed by atoms with van der Waals surface area (Å²) in [6.07, 6.45) is 9.54. The van der Waals surface area contributed by atoms with Crippen molar-refractivity contribution in [2.45, 2.75) is 73.4 Å². The summed E-state index contributed by atoms with van der Waals surface area (Å²) in [5.74, 6) is 2.88. The maximum absolute atomic E-state index is 12.8. The molecule has 3 unspecified atom stereocenters. The van der Waals surface area contributed by atoms with Gasteiger partial charge in [-0.1, -0.05) is 11.6 Å². The minimum Gasteiger partial charge on any atom is -0.394 e. The largest absolute Gasteiger partial charge is 0.394 e. The van der Waals surface area contributed by atoms with Gasteiger partial charge in [-0.15, -0.1) is 0 Å². The monoisotopic (exact) mass is 484 g/mol. The second-order valence-electron chi connectivity index (χ2n) is 9.67. The van der Waals surface area contributed by atoms with Crippen LogP contribution >= 0.6 is 11.6 Å². The molecular formula is C23H25ClN6O2S. The van der Waals surface area contributed by atoms with Gasteiger partial charge in [-0.2, -0.15) is 5.26 Å². The van der Waals surface area contributed by atoms with Gasteiger partial charge in [-0.05, 0) is 50.5 Å². The van der Waals surface area contributed by atoms with Crippen LogP contribution in [0.25, 0.3) is 0 Å². The molecule has 8 nitrogen and oxygen atoms in total. The van der Waals surface area contributed by atoms with Crippen LogP contribution in [0.5, 0.6) is 0 Å². The standard InChI is InChI=1S/C23H25ClN6O2S/c24-14-10-26-20(27-11-14)13-6-15-8-16(7-13)30(15)22-18(9-25)17-2-5-33(32)19(17)21(28-22)29-23(12-31)3-1-4-23/h10-11,13,15-16,31H,1-8,12H2,(H,28,29). The van der Waals surface area contributed by atoms with E-state index in [0.717, 1.165) is 49.9 Å². The molecule has 2 N–H and O–H groups in total. The van der Waals surface area contributed by atoms with Crippen molar-refractivity contribution in [1.29, 1.82) is 5.26 Å². The lowest BCUT2D eigenvalue weighted by Gasteiger charge is -2.56. The number of aliphatic hydroxyl groups excluding tert-OH is 1. The van der Waals surface area contributed by atoms with E-state index in [1.54, 1.807) is 12.4 Å². The fourth-order valence-corrected chi connectivity index (χ4v) is 7.40. The highest BCUT2D eigenvalue weighted by atomic mass is 35.5. The predicted octanol–water partition coefficient (Wildman–Crippen LogP) is 2.91. The van der Waals surface area contributed by atoms with Crippen LogP contribution in [0.3, 0.4) is 0 Å². The summed E-state index contributed by atoms with van der Waals surface area (Å²) < 4.78 is 12.8. The average Bonchev–Trinajstić information content (AvgIpc) is 3.18. The molecule has 0 radical (unpaired) electrons. The third kappa shape index (κ3) is 3.34. The van der Waals surface area contributed by atoms with Gasteiger partial charge in [0.15, 0.2) is 0 Å². The van der Waals surface area contributed by atoms with Crippen molar-refractivity contribution in [1.82, 2.24) is 15.0 Å². The highest BCUT2D eigenvalue weighted by Gasteiger charge is 2.49. The Morgan fingerprint density at radius 3 is 2.61 bits per heavy atom. The molecule has 5 aliphatic rings. The van der Waals surface area contributed by atoms with Crippen molar-refractivity contribution >= 4 is 34.0 Å². The number of aromatic nitrogens is 3. The Morgan fingerprint density at radius 1 is 1.27 bits per heavy atom. The van der Waals surface area contributed by atoms with Crippen LogP contribution < -0.4 is 10.2 Å². The lowest BCUT2D eigenvalue weighted by atomic mass is 9.73. The van der Waals surface area contributed by atoms with Crippen molar-refractivity contribution in [2.75, 3.05) is 22.6 Å². The zero-order valence-electron chi connectivity index (χ0n) is 18.1. The van der Waals surface area contributed by atoms with Crippen molar-refractivity contribution in [2.24, 2.45) is 0 Å². The summed E-state index contributed by atoms with van der Waals surface area (Å²) in [6.45, 7) is 0.0170. The van der Waals surface area contributed by atoms with Crippen LogP contribution in [0.4, 0.5) is 11.6 Å². The van der Waals surface area contributed by atoms with E-state index in [-0.39, 0.29) is 24.6 Å². The van der Waals surface area contributed by atoms with Crippen molar-refractivity contribution in [3.63, 3.8) is 0 Å². The van der Waals surface area contributed by atoms with E-state index in [0.29, 0.717) is 39.3 Å². The molecule has 5 heterocycles. The Morgan fingerprint density at radius 2 is 2.00 bits per heavy atom. The van der Waals surface area contributed by atoms with E-state index in [9.17, 15) is 14.6 Å². The highest BCUT2D eigenvalue weighted by Crippen LogP contribution is 2.49. The molecule has 7 rings (SSSR count). The Balaban J connectivity index is 1.35. The van der Waals surface area contributed by atoms with E-state index >= 15 is 0 Å². The molecule has 3 atom stereocenters. The van der Waals surface area contributed by atoms with Gasteiger partial charge in [0.05, 0.1) is 38.4 Å². The highest BCUT2D eigenvalue weighted by molar-refractivity contribution is 7.85. The summed E-state index contributed by atoms with van der Waals surface area (Å²) in [4.78, 5) is 16.7. The smallest absolute Gasteiger partial charge is 0.149 e. The minimum absolute atomic E-state index is 0.0170. The SMILES string of the molecule is N#Cc1c(N2C3CC(c4ncc(Cl)cn4)CC2C3)nc(NC2(CO)CCC2)c2c1CCS2=O. The molecule has 2 bridgehead atoms. The molecule has 2 saturated heterocycles. The normalized spacial score (nSPS) is 28.9. The van der Waals surface area contributed by atoms with Crippen LogP contribution in [0.15, 0.2) is 17.3 Å². The molecule has 10 heteroatoms. The first-order valence-electron chi connectivity index (χ1n) is 11.5. The molecule has 4 fully saturated rings. The number of nitrogens with one attached hydrogen (secondary N) is 1. The zero-order chi connectivity index (χ0) is 22.7. The minimum atomic E-state index is -1.18. The number of piperidine rings is 1. The molecule has 0 spiro atoms. The number of rotatable bonds is 5. The average molecular weight is 485 g/mol. The predicted molar refractivity (Wildman–Crippen MR) is 125 cm³/mol. The van der Waals surface area contributed by atoms with Crippen molar-refractivity contribution in [3.8, 4) is 6.07 Å². The summed E-state index contributed by atoms with van der Waals surface area (Å²) in [6, 6.07) is 2.91. The molecular weight excluding hydrogens is 460 g/mol. The van der Waals surface area contributed by atoms with Gasteiger partial charge < -0.3 is 15.3 Å². The molecule has 2 aliphatic carbocycles. The van der Waals surface area contributed by atoms with E-state index < -0.39 is 16.3 Å². The molecule has 2 aromatic heterocycles. The maximum atomic E-state index is 12.8. The molecule has 3 aliphatic heterocycles. The topological polar surface area (TPSA) is 115 Å².